The number of nitrogens with zero attached hydrogens (tertiary/aromatic N) is 3. The molecule has 1 aliphatic carbocycles. The summed E-state index contributed by atoms with van der Waals surface area (Å²) in [6.07, 6.45) is 7.43. The molecule has 1 saturated carbocycles. The van der Waals surface area contributed by atoms with E-state index >= 15 is 0 Å². The van der Waals surface area contributed by atoms with Crippen LogP contribution in [-0.2, 0) is 6.42 Å². The first-order valence-electron chi connectivity index (χ1n) is 9.50. The van der Waals surface area contributed by atoms with Crippen LogP contribution in [-0.4, -0.2) is 34.2 Å². The Balaban J connectivity index is 1.41. The minimum Gasteiger partial charge on any atom is -0.497 e. The molecule has 27 heavy (non-hydrogen) atoms. The zero-order valence-electron chi connectivity index (χ0n) is 15.5. The maximum absolute atomic E-state index is 12.5. The molecule has 6 nitrogen and oxygen atoms in total. The van der Waals surface area contributed by atoms with E-state index < -0.39 is 0 Å². The van der Waals surface area contributed by atoms with E-state index in [0.29, 0.717) is 18.0 Å². The first-order chi connectivity index (χ1) is 13.2. The van der Waals surface area contributed by atoms with Crippen molar-refractivity contribution in [1.29, 1.82) is 0 Å². The molecule has 2 heterocycles. The van der Waals surface area contributed by atoms with Gasteiger partial charge in [0.1, 0.15) is 11.6 Å². The molecule has 2 aromatic heterocycles. The third-order valence-electron chi connectivity index (χ3n) is 5.27. The number of nitrogens with one attached hydrogen (secondary N) is 1. The quantitative estimate of drug-likeness (QED) is 0.728. The summed E-state index contributed by atoms with van der Waals surface area (Å²) in [5.41, 5.74) is 2.59. The summed E-state index contributed by atoms with van der Waals surface area (Å²) in [5, 5.41) is 11.6. The summed E-state index contributed by atoms with van der Waals surface area (Å²) in [4.78, 5) is 12.5. The number of aromatic nitrogens is 3. The molecule has 1 N–H and O–H groups in total. The maximum atomic E-state index is 12.5. The molecule has 3 aromatic rings. The van der Waals surface area contributed by atoms with Crippen LogP contribution in [0.1, 0.15) is 53.3 Å². The average Bonchev–Trinajstić information content (AvgIpc) is 3.37. The summed E-state index contributed by atoms with van der Waals surface area (Å²) < 4.78 is 7.14. The highest BCUT2D eigenvalue weighted by Gasteiger charge is 2.22. The van der Waals surface area contributed by atoms with Gasteiger partial charge in [-0.15, -0.1) is 10.2 Å². The van der Waals surface area contributed by atoms with Gasteiger partial charge in [-0.05, 0) is 49.1 Å². The molecule has 0 spiro atoms. The van der Waals surface area contributed by atoms with Gasteiger partial charge in [0, 0.05) is 18.7 Å². The van der Waals surface area contributed by atoms with Crippen molar-refractivity contribution < 1.29 is 9.53 Å². The number of hydrogen-bond donors (Lipinski definition) is 1. The van der Waals surface area contributed by atoms with Gasteiger partial charge < -0.3 is 10.1 Å². The number of ether oxygens (including phenoxy) is 1. The Hall–Kier alpha value is -2.89. The van der Waals surface area contributed by atoms with E-state index in [0.717, 1.165) is 42.0 Å². The first-order valence-corrected chi connectivity index (χ1v) is 9.50. The molecule has 1 aromatic carbocycles. The van der Waals surface area contributed by atoms with E-state index in [9.17, 15) is 4.79 Å². The second-order valence-electron chi connectivity index (χ2n) is 7.04. The normalized spacial score (nSPS) is 14.6. The van der Waals surface area contributed by atoms with Crippen LogP contribution in [0, 0.1) is 0 Å². The van der Waals surface area contributed by atoms with Crippen LogP contribution in [0.2, 0.25) is 0 Å². The summed E-state index contributed by atoms with van der Waals surface area (Å²) >= 11 is 0. The van der Waals surface area contributed by atoms with Crippen molar-refractivity contribution in [1.82, 2.24) is 19.9 Å². The van der Waals surface area contributed by atoms with Crippen LogP contribution >= 0.6 is 0 Å². The smallest absolute Gasteiger partial charge is 0.252 e. The lowest BCUT2D eigenvalue weighted by atomic mass is 10.1. The van der Waals surface area contributed by atoms with Gasteiger partial charge in [0.15, 0.2) is 5.65 Å². The molecule has 1 amide bonds. The van der Waals surface area contributed by atoms with Crippen molar-refractivity contribution in [3.05, 3.63) is 59.5 Å². The fourth-order valence-corrected chi connectivity index (χ4v) is 3.72. The van der Waals surface area contributed by atoms with E-state index in [4.69, 9.17) is 4.74 Å². The van der Waals surface area contributed by atoms with E-state index in [1.54, 1.807) is 7.11 Å². The molecule has 1 aliphatic rings. The van der Waals surface area contributed by atoms with Gasteiger partial charge in [0.2, 0.25) is 0 Å². The molecule has 0 saturated heterocycles. The molecule has 0 unspecified atom stereocenters. The van der Waals surface area contributed by atoms with Crippen LogP contribution < -0.4 is 10.1 Å². The van der Waals surface area contributed by atoms with E-state index in [1.165, 1.54) is 12.8 Å². The number of benzene rings is 1. The molecule has 4 rings (SSSR count). The van der Waals surface area contributed by atoms with Crippen molar-refractivity contribution in [2.75, 3.05) is 13.7 Å². The predicted octanol–water partition coefficient (Wildman–Crippen LogP) is 3.37. The van der Waals surface area contributed by atoms with Crippen LogP contribution in [0.5, 0.6) is 5.75 Å². The van der Waals surface area contributed by atoms with Crippen molar-refractivity contribution >= 4 is 11.6 Å². The Morgan fingerprint density at radius 1 is 1.15 bits per heavy atom. The molecule has 0 radical (unpaired) electrons. The van der Waals surface area contributed by atoms with Crippen LogP contribution in [0.4, 0.5) is 0 Å². The van der Waals surface area contributed by atoms with Crippen molar-refractivity contribution in [2.45, 2.75) is 38.0 Å². The molecular weight excluding hydrogens is 340 g/mol. The number of methoxy groups -OCH3 is 1. The lowest BCUT2D eigenvalue weighted by Gasteiger charge is -2.09. The van der Waals surface area contributed by atoms with Gasteiger partial charge in [-0.2, -0.15) is 0 Å². The molecular formula is C21H24N4O2. The molecule has 140 valence electrons. The van der Waals surface area contributed by atoms with Gasteiger partial charge in [-0.1, -0.05) is 25.0 Å². The van der Waals surface area contributed by atoms with Gasteiger partial charge >= 0.3 is 0 Å². The number of fused-ring (bicyclic) bond motifs is 1. The topological polar surface area (TPSA) is 68.5 Å². The Kier molecular flexibility index (Phi) is 5.05. The second kappa shape index (κ2) is 7.78. The Labute approximate surface area is 158 Å². The molecule has 6 heteroatoms. The van der Waals surface area contributed by atoms with E-state index in [2.05, 4.69) is 15.5 Å². The van der Waals surface area contributed by atoms with Crippen molar-refractivity contribution in [3.63, 3.8) is 0 Å². The van der Waals surface area contributed by atoms with Crippen molar-refractivity contribution in [3.8, 4) is 5.75 Å². The number of carbonyl (C=O) groups is 1. The summed E-state index contributed by atoms with van der Waals surface area (Å²) in [5.74, 6) is 2.20. The lowest BCUT2D eigenvalue weighted by molar-refractivity contribution is 0.0953. The molecule has 0 atom stereocenters. The molecule has 0 bridgehead atoms. The van der Waals surface area contributed by atoms with Gasteiger partial charge in [0.25, 0.3) is 5.91 Å². The molecule has 0 aliphatic heterocycles. The fourth-order valence-electron chi connectivity index (χ4n) is 3.72. The number of rotatable bonds is 6. The number of carbonyl (C=O) groups excluding carboxylic acids is 1. The van der Waals surface area contributed by atoms with Gasteiger partial charge in [-0.3, -0.25) is 9.20 Å². The predicted molar refractivity (Wildman–Crippen MR) is 103 cm³/mol. The standard InChI is InChI=1S/C21H24N4O2/c1-27-18-9-6-15(7-10-18)12-13-22-21(26)17-8-11-19-23-24-20(25(19)14-17)16-4-2-3-5-16/h6-11,14,16H,2-5,12-13H2,1H3,(H,22,26). The number of amides is 1. The molecule has 1 fully saturated rings. The average molecular weight is 364 g/mol. The number of hydrogen-bond acceptors (Lipinski definition) is 4. The zero-order valence-corrected chi connectivity index (χ0v) is 15.5. The Morgan fingerprint density at radius 3 is 2.67 bits per heavy atom. The zero-order chi connectivity index (χ0) is 18.6. The Bertz CT molecular complexity index is 927. The van der Waals surface area contributed by atoms with Gasteiger partial charge in [0.05, 0.1) is 12.7 Å². The van der Waals surface area contributed by atoms with Crippen LogP contribution in [0.3, 0.4) is 0 Å². The Morgan fingerprint density at radius 2 is 1.93 bits per heavy atom. The summed E-state index contributed by atoms with van der Waals surface area (Å²) in [6.45, 7) is 0.584. The van der Waals surface area contributed by atoms with Gasteiger partial charge in [-0.25, -0.2) is 0 Å². The minimum absolute atomic E-state index is 0.0727. The largest absolute Gasteiger partial charge is 0.497 e. The fraction of sp³-hybridized carbons (Fsp3) is 0.381. The second-order valence-corrected chi connectivity index (χ2v) is 7.04. The maximum Gasteiger partial charge on any atom is 0.252 e. The monoisotopic (exact) mass is 364 g/mol. The van der Waals surface area contributed by atoms with Crippen molar-refractivity contribution in [2.24, 2.45) is 0 Å². The lowest BCUT2D eigenvalue weighted by Crippen LogP contribution is -2.26. The van der Waals surface area contributed by atoms with E-state index in [-0.39, 0.29) is 5.91 Å². The van der Waals surface area contributed by atoms with Crippen LogP contribution in [0.15, 0.2) is 42.6 Å². The summed E-state index contributed by atoms with van der Waals surface area (Å²) in [6, 6.07) is 11.6. The highest BCUT2D eigenvalue weighted by Crippen LogP contribution is 2.33. The van der Waals surface area contributed by atoms with Crippen LogP contribution in [0.25, 0.3) is 5.65 Å². The minimum atomic E-state index is -0.0727. The third-order valence-corrected chi connectivity index (χ3v) is 5.27. The van der Waals surface area contributed by atoms with E-state index in [1.807, 2.05) is 47.0 Å². The highest BCUT2D eigenvalue weighted by molar-refractivity contribution is 5.94. The highest BCUT2D eigenvalue weighted by atomic mass is 16.5. The third kappa shape index (κ3) is 3.79. The summed E-state index contributed by atoms with van der Waals surface area (Å²) in [7, 11) is 1.65. The number of pyridine rings is 1. The SMILES string of the molecule is COc1ccc(CCNC(=O)c2ccc3nnc(C4CCCC4)n3c2)cc1. The first kappa shape index (κ1) is 17.5.